The average molecular weight is 311 g/mol. The first kappa shape index (κ1) is 17.6. The first-order chi connectivity index (χ1) is 10.3. The molecule has 2 aliphatic rings. The third kappa shape index (κ3) is 6.15. The van der Waals surface area contributed by atoms with Crippen LogP contribution in [0.25, 0.3) is 0 Å². The van der Waals surface area contributed by atoms with Crippen molar-refractivity contribution in [2.75, 3.05) is 0 Å². The van der Waals surface area contributed by atoms with Gasteiger partial charge in [-0.15, -0.1) is 0 Å². The zero-order valence-corrected chi connectivity index (χ0v) is 14.7. The van der Waals surface area contributed by atoms with Gasteiger partial charge in [-0.3, -0.25) is 0 Å². The predicted molar refractivity (Wildman–Crippen MR) is 87.9 cm³/mol. The number of hydrogen-bond acceptors (Lipinski definition) is 3. The lowest BCUT2D eigenvalue weighted by Crippen LogP contribution is -2.42. The van der Waals surface area contributed by atoms with E-state index in [0.29, 0.717) is 12.2 Å². The highest BCUT2D eigenvalue weighted by Crippen LogP contribution is 2.30. The van der Waals surface area contributed by atoms with Crippen LogP contribution in [-0.4, -0.2) is 29.9 Å². The Labute approximate surface area is 135 Å². The van der Waals surface area contributed by atoms with E-state index in [4.69, 9.17) is 9.47 Å². The van der Waals surface area contributed by atoms with E-state index in [1.165, 1.54) is 25.7 Å². The van der Waals surface area contributed by atoms with E-state index in [1.807, 2.05) is 20.8 Å². The van der Waals surface area contributed by atoms with E-state index in [-0.39, 0.29) is 12.1 Å². The van der Waals surface area contributed by atoms with Crippen molar-refractivity contribution in [1.29, 1.82) is 0 Å². The summed E-state index contributed by atoms with van der Waals surface area (Å²) in [5.41, 5.74) is -0.428. The summed E-state index contributed by atoms with van der Waals surface area (Å²) in [4.78, 5) is 11.8. The molecule has 128 valence electrons. The lowest BCUT2D eigenvalue weighted by molar-refractivity contribution is -0.0532. The standard InChI is InChI=1S/C18H33NO3/c1-13-5-9-15(10-6-13)21-16-11-7-14(8-12-16)19-17(20)22-18(2,3)4/h13-16H,5-12H2,1-4H3,(H,19,20). The molecule has 4 nitrogen and oxygen atoms in total. The predicted octanol–water partition coefficient (Wildman–Crippen LogP) is 4.42. The molecule has 2 aliphatic carbocycles. The summed E-state index contributed by atoms with van der Waals surface area (Å²) < 4.78 is 11.6. The largest absolute Gasteiger partial charge is 0.444 e. The molecular weight excluding hydrogens is 278 g/mol. The van der Waals surface area contributed by atoms with Gasteiger partial charge in [0.15, 0.2) is 0 Å². The number of amides is 1. The Bertz CT molecular complexity index is 348. The van der Waals surface area contributed by atoms with Gasteiger partial charge in [-0.25, -0.2) is 4.79 Å². The van der Waals surface area contributed by atoms with Crippen LogP contribution in [0.3, 0.4) is 0 Å². The van der Waals surface area contributed by atoms with Crippen molar-refractivity contribution >= 4 is 6.09 Å². The fraction of sp³-hybridized carbons (Fsp3) is 0.944. The molecule has 2 rings (SSSR count). The van der Waals surface area contributed by atoms with Crippen LogP contribution < -0.4 is 5.32 Å². The maximum atomic E-state index is 11.8. The molecule has 0 radical (unpaired) electrons. The Hall–Kier alpha value is -0.770. The van der Waals surface area contributed by atoms with Crippen LogP contribution in [0.1, 0.15) is 79.1 Å². The molecule has 22 heavy (non-hydrogen) atoms. The van der Waals surface area contributed by atoms with Gasteiger partial charge >= 0.3 is 6.09 Å². The summed E-state index contributed by atoms with van der Waals surface area (Å²) in [7, 11) is 0. The molecule has 0 aromatic heterocycles. The third-order valence-electron chi connectivity index (χ3n) is 4.74. The van der Waals surface area contributed by atoms with Gasteiger partial charge < -0.3 is 14.8 Å². The maximum absolute atomic E-state index is 11.8. The van der Waals surface area contributed by atoms with Crippen LogP contribution in [0.15, 0.2) is 0 Å². The minimum Gasteiger partial charge on any atom is -0.444 e. The van der Waals surface area contributed by atoms with Gasteiger partial charge in [0.1, 0.15) is 5.60 Å². The zero-order valence-electron chi connectivity index (χ0n) is 14.7. The summed E-state index contributed by atoms with van der Waals surface area (Å²) in [6.45, 7) is 8.01. The summed E-state index contributed by atoms with van der Waals surface area (Å²) in [6, 6.07) is 0.237. The van der Waals surface area contributed by atoms with Gasteiger partial charge in [-0.05, 0) is 78.1 Å². The van der Waals surface area contributed by atoms with Crippen molar-refractivity contribution in [3.63, 3.8) is 0 Å². The monoisotopic (exact) mass is 311 g/mol. The highest BCUT2D eigenvalue weighted by atomic mass is 16.6. The highest BCUT2D eigenvalue weighted by molar-refractivity contribution is 5.68. The van der Waals surface area contributed by atoms with Crippen molar-refractivity contribution in [3.8, 4) is 0 Å². The van der Waals surface area contributed by atoms with E-state index >= 15 is 0 Å². The van der Waals surface area contributed by atoms with E-state index < -0.39 is 5.60 Å². The Morgan fingerprint density at radius 1 is 0.909 bits per heavy atom. The Morgan fingerprint density at radius 2 is 1.41 bits per heavy atom. The lowest BCUT2D eigenvalue weighted by Gasteiger charge is -2.34. The van der Waals surface area contributed by atoms with Crippen molar-refractivity contribution in [1.82, 2.24) is 5.32 Å². The second-order valence-corrected chi connectivity index (χ2v) is 8.14. The first-order valence-electron chi connectivity index (χ1n) is 8.97. The Balaban J connectivity index is 1.64. The lowest BCUT2D eigenvalue weighted by atomic mass is 9.88. The van der Waals surface area contributed by atoms with Gasteiger partial charge in [-0.2, -0.15) is 0 Å². The molecule has 0 aliphatic heterocycles. The van der Waals surface area contributed by atoms with Crippen molar-refractivity contribution < 1.29 is 14.3 Å². The second-order valence-electron chi connectivity index (χ2n) is 8.14. The van der Waals surface area contributed by atoms with Crippen LogP contribution in [0.5, 0.6) is 0 Å². The van der Waals surface area contributed by atoms with E-state index in [0.717, 1.165) is 31.6 Å². The number of carbonyl (C=O) groups excluding carboxylic acids is 1. The molecule has 0 aromatic carbocycles. The number of alkyl carbamates (subject to hydrolysis) is 1. The van der Waals surface area contributed by atoms with Gasteiger partial charge in [0.05, 0.1) is 12.2 Å². The Kier molecular flexibility index (Phi) is 6.13. The van der Waals surface area contributed by atoms with Crippen LogP contribution in [0.2, 0.25) is 0 Å². The number of nitrogens with one attached hydrogen (secondary N) is 1. The highest BCUT2D eigenvalue weighted by Gasteiger charge is 2.28. The Morgan fingerprint density at radius 3 is 1.91 bits per heavy atom. The molecule has 4 heteroatoms. The van der Waals surface area contributed by atoms with Gasteiger partial charge in [0.25, 0.3) is 0 Å². The molecule has 0 aromatic rings. The topological polar surface area (TPSA) is 47.6 Å². The maximum Gasteiger partial charge on any atom is 0.407 e. The minimum absolute atomic E-state index is 0.237. The van der Waals surface area contributed by atoms with Crippen LogP contribution in [0.4, 0.5) is 4.79 Å². The van der Waals surface area contributed by atoms with Crippen LogP contribution in [-0.2, 0) is 9.47 Å². The van der Waals surface area contributed by atoms with E-state index in [9.17, 15) is 4.79 Å². The second kappa shape index (κ2) is 7.67. The van der Waals surface area contributed by atoms with Crippen LogP contribution in [0, 0.1) is 5.92 Å². The fourth-order valence-electron chi connectivity index (χ4n) is 3.46. The average Bonchev–Trinajstić information content (AvgIpc) is 2.41. The molecule has 2 saturated carbocycles. The van der Waals surface area contributed by atoms with E-state index in [1.54, 1.807) is 0 Å². The van der Waals surface area contributed by atoms with Gasteiger partial charge in [0, 0.05) is 6.04 Å². The SMILES string of the molecule is CC1CCC(OC2CCC(NC(=O)OC(C)(C)C)CC2)CC1. The molecule has 0 unspecified atom stereocenters. The van der Waals surface area contributed by atoms with Crippen molar-refractivity contribution in [2.24, 2.45) is 5.92 Å². The fourth-order valence-corrected chi connectivity index (χ4v) is 3.46. The van der Waals surface area contributed by atoms with Crippen molar-refractivity contribution in [3.05, 3.63) is 0 Å². The summed E-state index contributed by atoms with van der Waals surface area (Å²) in [5, 5.41) is 2.99. The first-order valence-corrected chi connectivity index (χ1v) is 8.97. The van der Waals surface area contributed by atoms with Gasteiger partial charge in [-0.1, -0.05) is 6.92 Å². The van der Waals surface area contributed by atoms with Gasteiger partial charge in [0.2, 0.25) is 0 Å². The zero-order chi connectivity index (χ0) is 16.2. The number of hydrogen-bond donors (Lipinski definition) is 1. The van der Waals surface area contributed by atoms with Crippen LogP contribution >= 0.6 is 0 Å². The number of rotatable bonds is 3. The third-order valence-corrected chi connectivity index (χ3v) is 4.74. The number of carbonyl (C=O) groups is 1. The smallest absolute Gasteiger partial charge is 0.407 e. The molecule has 0 spiro atoms. The summed E-state index contributed by atoms with van der Waals surface area (Å²) in [6.07, 6.45) is 9.69. The quantitative estimate of drug-likeness (QED) is 0.839. The summed E-state index contributed by atoms with van der Waals surface area (Å²) >= 11 is 0. The normalized spacial score (nSPS) is 33.3. The number of ether oxygens (including phenoxy) is 2. The molecule has 1 N–H and O–H groups in total. The molecule has 0 atom stereocenters. The summed E-state index contributed by atoms with van der Waals surface area (Å²) in [5.74, 6) is 0.869. The molecule has 0 heterocycles. The molecule has 0 bridgehead atoms. The molecule has 0 saturated heterocycles. The van der Waals surface area contributed by atoms with Crippen molar-refractivity contribution in [2.45, 2.75) is 103 Å². The minimum atomic E-state index is -0.428. The molecule has 1 amide bonds. The van der Waals surface area contributed by atoms with E-state index in [2.05, 4.69) is 12.2 Å². The molecular formula is C18H33NO3. The molecule has 2 fully saturated rings.